The minimum atomic E-state index is -2.82. The first kappa shape index (κ1) is 27.5. The maximum atomic E-state index is 11.9. The molecule has 0 aromatic heterocycles. The van der Waals surface area contributed by atoms with Crippen molar-refractivity contribution in [1.82, 2.24) is 5.32 Å². The zero-order valence-corrected chi connectivity index (χ0v) is 22.7. The Morgan fingerprint density at radius 3 is 1.81 bits per heavy atom. The topological polar surface area (TPSA) is 77.0 Å². The van der Waals surface area contributed by atoms with Crippen LogP contribution in [0.1, 0.15) is 27.7 Å². The standard InChI is InChI=1S/C29H37NO5Si/c1-22(31)30-27(20-34-24-18-16-23(33-5)17-19-24)28(32)21-35-36(29(2,3)4,25-12-8-6-9-13-25)26-14-10-7-11-15-26/h6-19,27-28,32H,20-21H2,1-5H3,(H,30,31)/t27-,28-/m1/s1. The van der Waals surface area contributed by atoms with Gasteiger partial charge < -0.3 is 24.3 Å². The van der Waals surface area contributed by atoms with E-state index in [1.54, 1.807) is 31.4 Å². The summed E-state index contributed by atoms with van der Waals surface area (Å²) < 4.78 is 17.9. The Morgan fingerprint density at radius 2 is 1.36 bits per heavy atom. The molecule has 2 atom stereocenters. The van der Waals surface area contributed by atoms with Gasteiger partial charge in [-0.15, -0.1) is 0 Å². The summed E-state index contributed by atoms with van der Waals surface area (Å²) in [7, 11) is -1.22. The van der Waals surface area contributed by atoms with Crippen LogP contribution in [0.2, 0.25) is 5.04 Å². The van der Waals surface area contributed by atoms with Crippen LogP contribution >= 0.6 is 0 Å². The van der Waals surface area contributed by atoms with Crippen LogP contribution in [0.15, 0.2) is 84.9 Å². The third-order valence-corrected chi connectivity index (χ3v) is 11.2. The molecule has 3 aromatic rings. The van der Waals surface area contributed by atoms with E-state index in [2.05, 4.69) is 50.4 Å². The Hall–Kier alpha value is -3.13. The van der Waals surface area contributed by atoms with Gasteiger partial charge in [-0.25, -0.2) is 0 Å². The molecule has 0 aliphatic rings. The molecule has 0 heterocycles. The van der Waals surface area contributed by atoms with Crippen LogP contribution in [0.25, 0.3) is 0 Å². The number of aliphatic hydroxyl groups is 1. The van der Waals surface area contributed by atoms with Crippen molar-refractivity contribution in [3.63, 3.8) is 0 Å². The van der Waals surface area contributed by atoms with Crippen molar-refractivity contribution in [2.45, 2.75) is 44.9 Å². The minimum absolute atomic E-state index is 0.0458. The highest BCUT2D eigenvalue weighted by molar-refractivity contribution is 6.99. The molecule has 3 rings (SSSR count). The van der Waals surface area contributed by atoms with Gasteiger partial charge in [0.2, 0.25) is 5.91 Å². The summed E-state index contributed by atoms with van der Waals surface area (Å²) in [6.07, 6.45) is -0.978. The highest BCUT2D eigenvalue weighted by Gasteiger charge is 2.50. The second-order valence-corrected chi connectivity index (χ2v) is 14.1. The predicted octanol–water partition coefficient (Wildman–Crippen LogP) is 3.52. The molecule has 1 amide bonds. The van der Waals surface area contributed by atoms with Gasteiger partial charge in [-0.1, -0.05) is 81.4 Å². The van der Waals surface area contributed by atoms with Gasteiger partial charge in [0, 0.05) is 6.92 Å². The Morgan fingerprint density at radius 1 is 0.861 bits per heavy atom. The van der Waals surface area contributed by atoms with E-state index in [0.717, 1.165) is 16.1 Å². The lowest BCUT2D eigenvalue weighted by molar-refractivity contribution is -0.121. The number of amides is 1. The van der Waals surface area contributed by atoms with Crippen molar-refractivity contribution in [3.8, 4) is 11.5 Å². The maximum absolute atomic E-state index is 11.9. The Labute approximate surface area is 215 Å². The maximum Gasteiger partial charge on any atom is 0.261 e. The molecule has 0 radical (unpaired) electrons. The normalized spacial score (nSPS) is 13.5. The number of nitrogens with one attached hydrogen (secondary N) is 1. The Kier molecular flexibility index (Phi) is 9.31. The number of hydrogen-bond acceptors (Lipinski definition) is 5. The number of aliphatic hydroxyl groups excluding tert-OH is 1. The highest BCUT2D eigenvalue weighted by atomic mass is 28.4. The molecule has 7 heteroatoms. The number of carbonyl (C=O) groups excluding carboxylic acids is 1. The fourth-order valence-corrected chi connectivity index (χ4v) is 9.03. The van der Waals surface area contributed by atoms with Crippen LogP contribution in [-0.2, 0) is 9.22 Å². The zero-order chi connectivity index (χ0) is 26.2. The van der Waals surface area contributed by atoms with Crippen molar-refractivity contribution in [3.05, 3.63) is 84.9 Å². The largest absolute Gasteiger partial charge is 0.497 e. The monoisotopic (exact) mass is 507 g/mol. The SMILES string of the molecule is COc1ccc(OC[C@@H](NC(C)=O)[C@H](O)CO[Si](c2ccccc2)(c2ccccc2)C(C)(C)C)cc1. The summed E-state index contributed by atoms with van der Waals surface area (Å²) in [4.78, 5) is 11.9. The third kappa shape index (κ3) is 6.54. The fourth-order valence-electron chi connectivity index (χ4n) is 4.46. The van der Waals surface area contributed by atoms with Crippen LogP contribution in [0.4, 0.5) is 0 Å². The van der Waals surface area contributed by atoms with Gasteiger partial charge in [-0.05, 0) is 39.7 Å². The summed E-state index contributed by atoms with van der Waals surface area (Å²) in [5, 5.41) is 16.1. The number of ether oxygens (including phenoxy) is 2. The summed E-state index contributed by atoms with van der Waals surface area (Å²) in [5.41, 5.74) is 0. The van der Waals surface area contributed by atoms with Crippen molar-refractivity contribution < 1.29 is 23.8 Å². The summed E-state index contributed by atoms with van der Waals surface area (Å²) >= 11 is 0. The molecule has 0 fully saturated rings. The molecule has 0 unspecified atom stereocenters. The lowest BCUT2D eigenvalue weighted by Crippen LogP contribution is -2.67. The van der Waals surface area contributed by atoms with Crippen molar-refractivity contribution in [1.29, 1.82) is 0 Å². The Balaban J connectivity index is 1.85. The van der Waals surface area contributed by atoms with Crippen LogP contribution in [-0.4, -0.2) is 51.8 Å². The quantitative estimate of drug-likeness (QED) is 0.389. The van der Waals surface area contributed by atoms with E-state index in [0.29, 0.717) is 5.75 Å². The van der Waals surface area contributed by atoms with Crippen molar-refractivity contribution >= 4 is 24.6 Å². The van der Waals surface area contributed by atoms with Crippen LogP contribution in [0.3, 0.4) is 0 Å². The number of methoxy groups -OCH3 is 1. The van der Waals surface area contributed by atoms with E-state index in [9.17, 15) is 9.90 Å². The molecule has 0 bridgehead atoms. The van der Waals surface area contributed by atoms with Gasteiger partial charge in [0.25, 0.3) is 8.32 Å². The van der Waals surface area contributed by atoms with Gasteiger partial charge in [-0.2, -0.15) is 0 Å². The Bertz CT molecular complexity index is 1040. The van der Waals surface area contributed by atoms with Crippen LogP contribution in [0, 0.1) is 0 Å². The van der Waals surface area contributed by atoms with Gasteiger partial charge in [0.05, 0.1) is 25.9 Å². The fraction of sp³-hybridized carbons (Fsp3) is 0.345. The summed E-state index contributed by atoms with van der Waals surface area (Å²) in [6.45, 7) is 8.12. The smallest absolute Gasteiger partial charge is 0.261 e. The number of carbonyl (C=O) groups is 1. The predicted molar refractivity (Wildman–Crippen MR) is 146 cm³/mol. The van der Waals surface area contributed by atoms with Gasteiger partial charge in [0.15, 0.2) is 0 Å². The van der Waals surface area contributed by atoms with Gasteiger partial charge in [-0.3, -0.25) is 4.79 Å². The highest BCUT2D eigenvalue weighted by Crippen LogP contribution is 2.36. The molecular weight excluding hydrogens is 470 g/mol. The first-order valence-corrected chi connectivity index (χ1v) is 14.0. The van der Waals surface area contributed by atoms with Crippen LogP contribution < -0.4 is 25.2 Å². The number of rotatable bonds is 11. The first-order valence-electron chi connectivity index (χ1n) is 12.1. The lowest BCUT2D eigenvalue weighted by Gasteiger charge is -2.43. The molecule has 0 aliphatic heterocycles. The number of benzene rings is 3. The van der Waals surface area contributed by atoms with E-state index >= 15 is 0 Å². The van der Waals surface area contributed by atoms with E-state index in [4.69, 9.17) is 13.9 Å². The molecule has 36 heavy (non-hydrogen) atoms. The summed E-state index contributed by atoms with van der Waals surface area (Å²) in [6, 6.07) is 27.0. The van der Waals surface area contributed by atoms with Gasteiger partial charge in [0.1, 0.15) is 18.1 Å². The second kappa shape index (κ2) is 12.2. The molecule has 6 nitrogen and oxygen atoms in total. The zero-order valence-electron chi connectivity index (χ0n) is 21.7. The molecule has 0 spiro atoms. The second-order valence-electron chi connectivity index (χ2n) is 9.84. The molecule has 3 aromatic carbocycles. The lowest BCUT2D eigenvalue weighted by atomic mass is 10.2. The van der Waals surface area contributed by atoms with Crippen LogP contribution in [0.5, 0.6) is 11.5 Å². The number of hydrogen-bond donors (Lipinski definition) is 2. The molecular formula is C29H37NO5Si. The van der Waals surface area contributed by atoms with E-state index in [1.165, 1.54) is 6.92 Å². The van der Waals surface area contributed by atoms with E-state index < -0.39 is 20.5 Å². The average molecular weight is 508 g/mol. The van der Waals surface area contributed by atoms with Gasteiger partial charge >= 0.3 is 0 Å². The third-order valence-electron chi connectivity index (χ3n) is 6.23. The molecule has 0 aliphatic carbocycles. The summed E-state index contributed by atoms with van der Waals surface area (Å²) in [5.74, 6) is 1.09. The minimum Gasteiger partial charge on any atom is -0.497 e. The van der Waals surface area contributed by atoms with Crippen molar-refractivity contribution in [2.75, 3.05) is 20.3 Å². The molecule has 0 saturated heterocycles. The first-order chi connectivity index (χ1) is 17.2. The van der Waals surface area contributed by atoms with E-state index in [1.807, 2.05) is 36.4 Å². The molecule has 2 N–H and O–H groups in total. The van der Waals surface area contributed by atoms with Crippen molar-refractivity contribution in [2.24, 2.45) is 0 Å². The molecule has 0 saturated carbocycles. The van der Waals surface area contributed by atoms with E-state index in [-0.39, 0.29) is 24.2 Å². The average Bonchev–Trinajstić information content (AvgIpc) is 2.87. The molecule has 192 valence electrons.